The van der Waals surface area contributed by atoms with Crippen LogP contribution in [0.4, 0.5) is 0 Å². The third kappa shape index (κ3) is 8.68. The van der Waals surface area contributed by atoms with Gasteiger partial charge in [0.15, 0.2) is 0 Å². The van der Waals surface area contributed by atoms with E-state index in [9.17, 15) is 0 Å². The van der Waals surface area contributed by atoms with Crippen LogP contribution in [-0.4, -0.2) is 12.3 Å². The molecule has 2 aliphatic rings. The van der Waals surface area contributed by atoms with Gasteiger partial charge in [-0.1, -0.05) is 147 Å². The molecular weight excluding hydrogens is 605 g/mol. The summed E-state index contributed by atoms with van der Waals surface area (Å²) in [6.45, 7) is 20.1. The zero-order valence-corrected chi connectivity index (χ0v) is 30.5. The van der Waals surface area contributed by atoms with E-state index in [0.717, 1.165) is 53.1 Å². The molecule has 2 atom stereocenters. The highest BCUT2D eigenvalue weighted by Crippen LogP contribution is 2.37. The number of hydrogen-bond acceptors (Lipinski definition) is 2. The standard InChI is InChI=1S/C48H52N2/c1-8-10-29-50-38(7)42-28-30-49-33-47(42)45-24-15-23-44-43(45)22-16-25-46(44)48(41-21-14-12-19-36(41)5)40(17-9-2)37(6)32-39-20-13-11-18-34(3)31-35(4)26-27-39/h8-12,14-19,21-29,31,33,35,39,49H,1,5,13,20,30,32H2,2-4,6-7H3/b17-9-,18-11-,27-26-,29-10-,34-31-,40-37-,48-41?,50-38+. The fraction of sp³-hybridized carbons (Fsp3) is 0.229. The Morgan fingerprint density at radius 2 is 1.80 bits per heavy atom. The molecule has 2 unspecified atom stereocenters. The lowest BCUT2D eigenvalue weighted by Gasteiger charge is -2.22. The molecule has 2 nitrogen and oxygen atoms in total. The third-order valence-electron chi connectivity index (χ3n) is 9.54. The Kier molecular flexibility index (Phi) is 12.6. The summed E-state index contributed by atoms with van der Waals surface area (Å²) in [4.78, 5) is 4.72. The van der Waals surface area contributed by atoms with Gasteiger partial charge in [-0.3, -0.25) is 4.99 Å². The Morgan fingerprint density at radius 3 is 2.60 bits per heavy atom. The first-order chi connectivity index (χ1) is 24.3. The summed E-state index contributed by atoms with van der Waals surface area (Å²) < 4.78 is 0. The maximum atomic E-state index is 4.72. The Bertz CT molecular complexity index is 2120. The lowest BCUT2D eigenvalue weighted by Crippen LogP contribution is -2.26. The summed E-state index contributed by atoms with van der Waals surface area (Å²) in [5.74, 6) is 0.861. The molecule has 0 amide bonds. The number of fused-ring (bicyclic) bond motifs is 1. The molecule has 0 fully saturated rings. The van der Waals surface area contributed by atoms with Crippen LogP contribution in [0.25, 0.3) is 28.5 Å². The molecule has 0 saturated heterocycles. The van der Waals surface area contributed by atoms with E-state index in [0.29, 0.717) is 11.8 Å². The van der Waals surface area contributed by atoms with Crippen molar-refractivity contribution in [3.63, 3.8) is 0 Å². The molecule has 50 heavy (non-hydrogen) atoms. The highest BCUT2D eigenvalue weighted by molar-refractivity contribution is 6.16. The quantitative estimate of drug-likeness (QED) is 0.138. The van der Waals surface area contributed by atoms with Gasteiger partial charge in [0.05, 0.1) is 0 Å². The molecule has 2 heteroatoms. The zero-order valence-electron chi connectivity index (χ0n) is 30.5. The van der Waals surface area contributed by atoms with Gasteiger partial charge in [0.2, 0.25) is 0 Å². The molecule has 0 saturated carbocycles. The van der Waals surface area contributed by atoms with Crippen molar-refractivity contribution in [2.45, 2.75) is 53.9 Å². The van der Waals surface area contributed by atoms with Crippen molar-refractivity contribution in [1.82, 2.24) is 5.32 Å². The molecule has 1 heterocycles. The van der Waals surface area contributed by atoms with Gasteiger partial charge in [0.25, 0.3) is 0 Å². The molecule has 0 radical (unpaired) electrons. The zero-order chi connectivity index (χ0) is 35.5. The lowest BCUT2D eigenvalue weighted by molar-refractivity contribution is 0.586. The molecule has 0 spiro atoms. The van der Waals surface area contributed by atoms with Crippen molar-refractivity contribution < 1.29 is 0 Å². The van der Waals surface area contributed by atoms with Crippen LogP contribution in [0.15, 0.2) is 168 Å². The van der Waals surface area contributed by atoms with Crippen molar-refractivity contribution in [1.29, 1.82) is 0 Å². The molecule has 0 aromatic heterocycles. The van der Waals surface area contributed by atoms with E-state index in [4.69, 9.17) is 4.99 Å². The fourth-order valence-electron chi connectivity index (χ4n) is 7.14. The largest absolute Gasteiger partial charge is 0.387 e. The van der Waals surface area contributed by atoms with Crippen molar-refractivity contribution in [2.75, 3.05) is 6.54 Å². The van der Waals surface area contributed by atoms with Gasteiger partial charge in [-0.25, -0.2) is 0 Å². The number of rotatable bonds is 9. The second kappa shape index (κ2) is 17.4. The molecule has 5 rings (SSSR count). The minimum Gasteiger partial charge on any atom is -0.387 e. The Morgan fingerprint density at radius 1 is 1.00 bits per heavy atom. The number of nitrogens with zero attached hydrogens (tertiary/aromatic N) is 1. The van der Waals surface area contributed by atoms with Crippen LogP contribution in [0.2, 0.25) is 0 Å². The van der Waals surface area contributed by atoms with E-state index in [1.165, 1.54) is 44.2 Å². The topological polar surface area (TPSA) is 24.4 Å². The fourth-order valence-corrected chi connectivity index (χ4v) is 7.14. The minimum absolute atomic E-state index is 0.410. The molecular formula is C48H52N2. The van der Waals surface area contributed by atoms with Crippen LogP contribution in [-0.2, 0) is 0 Å². The monoisotopic (exact) mass is 656 g/mol. The number of nitrogens with one attached hydrogen (secondary N) is 1. The first kappa shape index (κ1) is 36.1. The van der Waals surface area contributed by atoms with Crippen LogP contribution in [0.3, 0.4) is 0 Å². The molecule has 1 aliphatic carbocycles. The Hall–Kier alpha value is -5.21. The third-order valence-corrected chi connectivity index (χ3v) is 9.54. The predicted octanol–water partition coefficient (Wildman–Crippen LogP) is 10.9. The highest BCUT2D eigenvalue weighted by Gasteiger charge is 2.20. The molecule has 3 aromatic rings. The van der Waals surface area contributed by atoms with E-state index in [2.05, 4.69) is 169 Å². The average molecular weight is 657 g/mol. The summed E-state index contributed by atoms with van der Waals surface area (Å²) in [5.41, 5.74) is 10.9. The van der Waals surface area contributed by atoms with Gasteiger partial charge in [0, 0.05) is 35.8 Å². The van der Waals surface area contributed by atoms with Crippen molar-refractivity contribution in [3.05, 3.63) is 184 Å². The SMILES string of the molecule is C=C/C=C\N=C(/C)C1=CCNC=C1c1cccc2c(C(C(/C=C\C)=C(/C)CC3/C=C\C(C)/C=C(C)\C=C/CC3)=c3ccccc3=C)cccc12. The van der Waals surface area contributed by atoms with Gasteiger partial charge in [-0.2, -0.15) is 0 Å². The maximum Gasteiger partial charge on any atom is 0.0449 e. The summed E-state index contributed by atoms with van der Waals surface area (Å²) in [6.07, 6.45) is 29.3. The van der Waals surface area contributed by atoms with Gasteiger partial charge in [-0.15, -0.1) is 0 Å². The van der Waals surface area contributed by atoms with Gasteiger partial charge >= 0.3 is 0 Å². The normalized spacial score (nSPS) is 22.2. The molecule has 1 N–H and O–H groups in total. The summed E-state index contributed by atoms with van der Waals surface area (Å²) in [5, 5.41) is 8.06. The highest BCUT2D eigenvalue weighted by atomic mass is 14.8. The number of allylic oxidation sites excluding steroid dienone is 14. The van der Waals surface area contributed by atoms with Crippen LogP contribution < -0.4 is 15.8 Å². The Labute approximate surface area is 300 Å². The minimum atomic E-state index is 0.410. The summed E-state index contributed by atoms with van der Waals surface area (Å²) >= 11 is 0. The number of benzene rings is 3. The van der Waals surface area contributed by atoms with E-state index in [-0.39, 0.29) is 0 Å². The number of hydrogen-bond donors (Lipinski definition) is 1. The number of aliphatic imine (C=N–C) groups is 1. The average Bonchev–Trinajstić information content (AvgIpc) is 3.12. The lowest BCUT2D eigenvalue weighted by atomic mass is 9.83. The second-order valence-corrected chi connectivity index (χ2v) is 13.4. The molecule has 0 bridgehead atoms. The van der Waals surface area contributed by atoms with Gasteiger partial charge in [-0.05, 0) is 108 Å². The molecule has 1 aliphatic heterocycles. The summed E-state index contributed by atoms with van der Waals surface area (Å²) in [7, 11) is 0. The first-order valence-electron chi connectivity index (χ1n) is 18.0. The van der Waals surface area contributed by atoms with Crippen LogP contribution in [0.5, 0.6) is 0 Å². The smallest absolute Gasteiger partial charge is 0.0449 e. The van der Waals surface area contributed by atoms with E-state index in [1.807, 2.05) is 12.3 Å². The van der Waals surface area contributed by atoms with Gasteiger partial charge in [0.1, 0.15) is 0 Å². The van der Waals surface area contributed by atoms with Gasteiger partial charge < -0.3 is 5.32 Å². The number of dihydropyridines is 1. The first-order valence-corrected chi connectivity index (χ1v) is 18.0. The Balaban J connectivity index is 1.70. The second-order valence-electron chi connectivity index (χ2n) is 13.4. The van der Waals surface area contributed by atoms with Crippen LogP contribution in [0.1, 0.15) is 65.0 Å². The maximum absolute atomic E-state index is 4.72. The van der Waals surface area contributed by atoms with Crippen LogP contribution in [0, 0.1) is 11.8 Å². The van der Waals surface area contributed by atoms with Crippen molar-refractivity contribution in [3.8, 4) is 0 Å². The molecule has 254 valence electrons. The van der Waals surface area contributed by atoms with E-state index >= 15 is 0 Å². The molecule has 3 aromatic carbocycles. The predicted molar refractivity (Wildman–Crippen MR) is 220 cm³/mol. The van der Waals surface area contributed by atoms with E-state index < -0.39 is 0 Å². The van der Waals surface area contributed by atoms with Crippen LogP contribution >= 0.6 is 0 Å². The van der Waals surface area contributed by atoms with Crippen molar-refractivity contribution in [2.24, 2.45) is 16.8 Å². The van der Waals surface area contributed by atoms with E-state index in [1.54, 1.807) is 6.08 Å². The summed E-state index contributed by atoms with van der Waals surface area (Å²) in [6, 6.07) is 22.0. The van der Waals surface area contributed by atoms with Crippen molar-refractivity contribution >= 4 is 34.2 Å².